The molecule has 106 valence electrons. The monoisotopic (exact) mass is 285 g/mol. The molecule has 0 spiro atoms. The number of unbranched alkanes of at least 4 members (excludes halogenated alkanes) is 2. The highest BCUT2D eigenvalue weighted by Crippen LogP contribution is 2.04. The van der Waals surface area contributed by atoms with Gasteiger partial charge in [0.2, 0.25) is 10.0 Å². The Hall–Kier alpha value is -1.40. The van der Waals surface area contributed by atoms with E-state index in [0.717, 1.165) is 5.56 Å². The van der Waals surface area contributed by atoms with Crippen molar-refractivity contribution in [2.75, 3.05) is 6.54 Å². The van der Waals surface area contributed by atoms with E-state index in [2.05, 4.69) is 4.72 Å². The van der Waals surface area contributed by atoms with Crippen LogP contribution >= 0.6 is 0 Å². The second-order valence-electron chi connectivity index (χ2n) is 4.34. The number of rotatable bonds is 9. The van der Waals surface area contributed by atoms with E-state index < -0.39 is 16.0 Å². The van der Waals surface area contributed by atoms with Crippen molar-refractivity contribution >= 4 is 16.0 Å². The molecule has 0 amide bonds. The standard InChI is InChI=1S/C13H19NO4S/c15-13(16)9-5-2-6-10-14-19(17,18)11-12-7-3-1-4-8-12/h1,3-4,7-8,14H,2,5-6,9-11H2,(H,15,16). The minimum atomic E-state index is -3.30. The fourth-order valence-corrected chi connectivity index (χ4v) is 2.84. The van der Waals surface area contributed by atoms with E-state index in [-0.39, 0.29) is 12.2 Å². The second-order valence-corrected chi connectivity index (χ2v) is 6.15. The number of carboxylic acid groups (broad SMARTS) is 1. The first-order valence-corrected chi connectivity index (χ1v) is 7.88. The summed E-state index contributed by atoms with van der Waals surface area (Å²) in [6.45, 7) is 0.356. The fraction of sp³-hybridized carbons (Fsp3) is 0.462. The number of aliphatic carboxylic acids is 1. The average Bonchev–Trinajstić information content (AvgIpc) is 2.34. The number of nitrogens with one attached hydrogen (secondary N) is 1. The molecule has 2 N–H and O–H groups in total. The fourth-order valence-electron chi connectivity index (χ4n) is 1.65. The van der Waals surface area contributed by atoms with Crippen LogP contribution in [0, 0.1) is 0 Å². The third-order valence-electron chi connectivity index (χ3n) is 2.59. The molecule has 0 bridgehead atoms. The zero-order valence-corrected chi connectivity index (χ0v) is 11.5. The lowest BCUT2D eigenvalue weighted by molar-refractivity contribution is -0.137. The van der Waals surface area contributed by atoms with E-state index in [1.807, 2.05) is 6.07 Å². The number of carbonyl (C=O) groups is 1. The number of hydrogen-bond acceptors (Lipinski definition) is 3. The topological polar surface area (TPSA) is 83.5 Å². The molecule has 0 aliphatic heterocycles. The summed E-state index contributed by atoms with van der Waals surface area (Å²) >= 11 is 0. The van der Waals surface area contributed by atoms with Gasteiger partial charge < -0.3 is 5.11 Å². The van der Waals surface area contributed by atoms with E-state index in [1.54, 1.807) is 24.3 Å². The lowest BCUT2D eigenvalue weighted by atomic mass is 10.2. The van der Waals surface area contributed by atoms with Crippen LogP contribution in [-0.2, 0) is 20.6 Å². The van der Waals surface area contributed by atoms with E-state index in [9.17, 15) is 13.2 Å². The zero-order chi connectivity index (χ0) is 14.1. The number of carboxylic acids is 1. The van der Waals surface area contributed by atoms with E-state index in [1.165, 1.54) is 0 Å². The van der Waals surface area contributed by atoms with Gasteiger partial charge in [0.25, 0.3) is 0 Å². The maximum absolute atomic E-state index is 11.7. The van der Waals surface area contributed by atoms with Crippen LogP contribution in [0.5, 0.6) is 0 Å². The summed E-state index contributed by atoms with van der Waals surface area (Å²) < 4.78 is 26.0. The molecule has 6 heteroatoms. The predicted molar refractivity (Wildman–Crippen MR) is 73.2 cm³/mol. The quantitative estimate of drug-likeness (QED) is 0.677. The van der Waals surface area contributed by atoms with Crippen molar-refractivity contribution in [3.8, 4) is 0 Å². The maximum Gasteiger partial charge on any atom is 0.303 e. The molecular formula is C13H19NO4S. The van der Waals surface area contributed by atoms with E-state index >= 15 is 0 Å². The molecule has 1 aromatic carbocycles. The minimum Gasteiger partial charge on any atom is -0.481 e. The van der Waals surface area contributed by atoms with Gasteiger partial charge in [-0.1, -0.05) is 36.8 Å². The van der Waals surface area contributed by atoms with Gasteiger partial charge in [0, 0.05) is 13.0 Å². The highest BCUT2D eigenvalue weighted by Gasteiger charge is 2.10. The van der Waals surface area contributed by atoms with Gasteiger partial charge in [0.1, 0.15) is 0 Å². The van der Waals surface area contributed by atoms with Gasteiger partial charge in [-0.05, 0) is 18.4 Å². The molecule has 1 rings (SSSR count). The summed E-state index contributed by atoms with van der Waals surface area (Å²) in [4.78, 5) is 10.3. The van der Waals surface area contributed by atoms with Crippen molar-refractivity contribution in [2.45, 2.75) is 31.4 Å². The summed E-state index contributed by atoms with van der Waals surface area (Å²) in [5, 5.41) is 8.45. The summed E-state index contributed by atoms with van der Waals surface area (Å²) in [5.41, 5.74) is 0.751. The average molecular weight is 285 g/mol. The van der Waals surface area contributed by atoms with Crippen LogP contribution in [0.15, 0.2) is 30.3 Å². The van der Waals surface area contributed by atoms with E-state index in [4.69, 9.17) is 5.11 Å². The molecule has 0 saturated heterocycles. The highest BCUT2D eigenvalue weighted by molar-refractivity contribution is 7.88. The molecule has 0 unspecified atom stereocenters. The van der Waals surface area contributed by atoms with Gasteiger partial charge in [-0.2, -0.15) is 0 Å². The van der Waals surface area contributed by atoms with Crippen LogP contribution in [0.2, 0.25) is 0 Å². The highest BCUT2D eigenvalue weighted by atomic mass is 32.2. The first-order valence-electron chi connectivity index (χ1n) is 6.23. The lowest BCUT2D eigenvalue weighted by Crippen LogP contribution is -2.26. The molecule has 0 aliphatic carbocycles. The Balaban J connectivity index is 2.22. The largest absolute Gasteiger partial charge is 0.481 e. The Labute approximate surface area is 113 Å². The molecule has 0 atom stereocenters. The summed E-state index contributed by atoms with van der Waals surface area (Å²) in [6, 6.07) is 8.98. The van der Waals surface area contributed by atoms with Gasteiger partial charge in [-0.15, -0.1) is 0 Å². The zero-order valence-electron chi connectivity index (χ0n) is 10.7. The smallest absolute Gasteiger partial charge is 0.303 e. The Morgan fingerprint density at radius 1 is 1.11 bits per heavy atom. The Bertz CT molecular complexity index is 485. The molecule has 0 heterocycles. The van der Waals surface area contributed by atoms with Crippen molar-refractivity contribution < 1.29 is 18.3 Å². The normalized spacial score (nSPS) is 11.4. The van der Waals surface area contributed by atoms with Crippen LogP contribution in [0.4, 0.5) is 0 Å². The summed E-state index contributed by atoms with van der Waals surface area (Å²) in [7, 11) is -3.30. The first kappa shape index (κ1) is 15.7. The predicted octanol–water partition coefficient (Wildman–Crippen LogP) is 1.75. The SMILES string of the molecule is O=C(O)CCCCCNS(=O)(=O)Cc1ccccc1. The minimum absolute atomic E-state index is 0.0248. The van der Waals surface area contributed by atoms with Gasteiger partial charge in [0.15, 0.2) is 0 Å². The second kappa shape index (κ2) is 7.91. The summed E-state index contributed by atoms with van der Waals surface area (Å²) in [6.07, 6.45) is 2.08. The van der Waals surface area contributed by atoms with Crippen molar-refractivity contribution in [3.05, 3.63) is 35.9 Å². The molecule has 0 aromatic heterocycles. The van der Waals surface area contributed by atoms with E-state index in [0.29, 0.717) is 25.8 Å². The Morgan fingerprint density at radius 3 is 2.42 bits per heavy atom. The molecule has 1 aromatic rings. The van der Waals surface area contributed by atoms with Crippen LogP contribution in [0.1, 0.15) is 31.2 Å². The maximum atomic E-state index is 11.7. The van der Waals surface area contributed by atoms with Crippen LogP contribution in [0.25, 0.3) is 0 Å². The van der Waals surface area contributed by atoms with Gasteiger partial charge in [-0.3, -0.25) is 4.79 Å². The summed E-state index contributed by atoms with van der Waals surface area (Å²) in [5.74, 6) is -0.840. The molecule has 0 aliphatic rings. The molecule has 0 radical (unpaired) electrons. The van der Waals surface area contributed by atoms with Crippen molar-refractivity contribution in [1.29, 1.82) is 0 Å². The number of hydrogen-bond donors (Lipinski definition) is 2. The van der Waals surface area contributed by atoms with Crippen LogP contribution in [-0.4, -0.2) is 26.0 Å². The van der Waals surface area contributed by atoms with Gasteiger partial charge in [-0.25, -0.2) is 13.1 Å². The third-order valence-corrected chi connectivity index (χ3v) is 3.95. The molecule has 0 saturated carbocycles. The Kier molecular flexibility index (Phi) is 6.52. The molecular weight excluding hydrogens is 266 g/mol. The van der Waals surface area contributed by atoms with Crippen molar-refractivity contribution in [2.24, 2.45) is 0 Å². The van der Waals surface area contributed by atoms with Crippen molar-refractivity contribution in [3.63, 3.8) is 0 Å². The molecule has 5 nitrogen and oxygen atoms in total. The van der Waals surface area contributed by atoms with Crippen molar-refractivity contribution in [1.82, 2.24) is 4.72 Å². The Morgan fingerprint density at radius 2 is 1.79 bits per heavy atom. The third kappa shape index (κ3) is 7.58. The molecule has 19 heavy (non-hydrogen) atoms. The van der Waals surface area contributed by atoms with Gasteiger partial charge in [0.05, 0.1) is 5.75 Å². The number of benzene rings is 1. The first-order chi connectivity index (χ1) is 8.99. The lowest BCUT2D eigenvalue weighted by Gasteiger charge is -2.06. The number of sulfonamides is 1. The molecule has 0 fully saturated rings. The van der Waals surface area contributed by atoms with Crippen LogP contribution < -0.4 is 4.72 Å². The van der Waals surface area contributed by atoms with Gasteiger partial charge >= 0.3 is 5.97 Å². The van der Waals surface area contributed by atoms with Crippen LogP contribution in [0.3, 0.4) is 0 Å².